The van der Waals surface area contributed by atoms with Crippen molar-refractivity contribution in [2.75, 3.05) is 11.9 Å². The molecule has 1 aromatic carbocycles. The monoisotopic (exact) mass is 301 g/mol. The van der Waals surface area contributed by atoms with Crippen LogP contribution in [0.25, 0.3) is 0 Å². The van der Waals surface area contributed by atoms with Crippen LogP contribution in [0.3, 0.4) is 0 Å². The van der Waals surface area contributed by atoms with Gasteiger partial charge in [-0.05, 0) is 30.2 Å². The van der Waals surface area contributed by atoms with Gasteiger partial charge in [0.15, 0.2) is 0 Å². The van der Waals surface area contributed by atoms with Crippen molar-refractivity contribution in [2.24, 2.45) is 11.0 Å². The number of amides is 2. The van der Waals surface area contributed by atoms with E-state index in [-0.39, 0.29) is 18.4 Å². The Morgan fingerprint density at radius 3 is 2.73 bits per heavy atom. The molecule has 0 bridgehead atoms. The van der Waals surface area contributed by atoms with Crippen LogP contribution in [-0.2, 0) is 9.53 Å². The molecular weight excluding hydrogens is 282 g/mol. The fraction of sp³-hybridized carbons (Fsp3) is 0.312. The van der Waals surface area contributed by atoms with Crippen LogP contribution in [0.1, 0.15) is 25.8 Å². The summed E-state index contributed by atoms with van der Waals surface area (Å²) in [6, 6.07) is 7.23. The molecule has 0 fully saturated rings. The van der Waals surface area contributed by atoms with Crippen LogP contribution in [0, 0.1) is 5.92 Å². The van der Waals surface area contributed by atoms with Gasteiger partial charge >= 0.3 is 6.09 Å². The van der Waals surface area contributed by atoms with Crippen molar-refractivity contribution in [2.45, 2.75) is 20.3 Å². The van der Waals surface area contributed by atoms with E-state index in [4.69, 9.17) is 4.74 Å². The summed E-state index contributed by atoms with van der Waals surface area (Å²) in [5, 5.41) is 6.73. The lowest BCUT2D eigenvalue weighted by atomic mass is 9.94. The van der Waals surface area contributed by atoms with E-state index in [9.17, 15) is 9.59 Å². The van der Waals surface area contributed by atoms with Gasteiger partial charge in [0.2, 0.25) is 5.91 Å². The number of hydrazone groups is 1. The Morgan fingerprint density at radius 2 is 2.14 bits per heavy atom. The largest absolute Gasteiger partial charge is 0.445 e. The molecule has 2 amide bonds. The topological polar surface area (TPSA) is 79.8 Å². The SMILES string of the molecule is C=C(C)COC(=O)Nc1ccc(C2=NNC(=O)CC2C)cc1. The Morgan fingerprint density at radius 1 is 1.45 bits per heavy atom. The number of hydrogen-bond acceptors (Lipinski definition) is 4. The van der Waals surface area contributed by atoms with E-state index in [0.29, 0.717) is 12.1 Å². The molecule has 0 radical (unpaired) electrons. The van der Waals surface area contributed by atoms with Gasteiger partial charge in [-0.25, -0.2) is 10.2 Å². The van der Waals surface area contributed by atoms with Crippen molar-refractivity contribution in [1.29, 1.82) is 0 Å². The van der Waals surface area contributed by atoms with Crippen molar-refractivity contribution in [3.63, 3.8) is 0 Å². The smallest absolute Gasteiger partial charge is 0.411 e. The highest BCUT2D eigenvalue weighted by atomic mass is 16.5. The molecule has 0 aromatic heterocycles. The van der Waals surface area contributed by atoms with E-state index < -0.39 is 6.09 Å². The van der Waals surface area contributed by atoms with Crippen LogP contribution < -0.4 is 10.7 Å². The Balaban J connectivity index is 2.00. The first-order valence-corrected chi connectivity index (χ1v) is 7.00. The second-order valence-corrected chi connectivity index (χ2v) is 5.37. The van der Waals surface area contributed by atoms with Crippen molar-refractivity contribution in [3.05, 3.63) is 42.0 Å². The van der Waals surface area contributed by atoms with Gasteiger partial charge in [0.25, 0.3) is 0 Å². The average Bonchev–Trinajstić information content (AvgIpc) is 2.46. The molecule has 22 heavy (non-hydrogen) atoms. The van der Waals surface area contributed by atoms with E-state index in [2.05, 4.69) is 22.4 Å². The molecule has 1 heterocycles. The van der Waals surface area contributed by atoms with Gasteiger partial charge in [0.1, 0.15) is 6.61 Å². The van der Waals surface area contributed by atoms with E-state index in [1.54, 1.807) is 19.1 Å². The number of carbonyl (C=O) groups excluding carboxylic acids is 2. The van der Waals surface area contributed by atoms with Crippen molar-refractivity contribution < 1.29 is 14.3 Å². The molecule has 0 aliphatic carbocycles. The van der Waals surface area contributed by atoms with Gasteiger partial charge in [0, 0.05) is 18.0 Å². The zero-order valence-electron chi connectivity index (χ0n) is 12.7. The highest BCUT2D eigenvalue weighted by molar-refractivity contribution is 6.06. The quantitative estimate of drug-likeness (QED) is 0.839. The maximum atomic E-state index is 11.5. The molecule has 2 N–H and O–H groups in total. The number of benzene rings is 1. The number of nitrogens with zero attached hydrogens (tertiary/aromatic N) is 1. The summed E-state index contributed by atoms with van der Waals surface area (Å²) in [7, 11) is 0. The van der Waals surface area contributed by atoms with E-state index in [1.807, 2.05) is 19.1 Å². The highest BCUT2D eigenvalue weighted by Gasteiger charge is 2.21. The number of nitrogens with one attached hydrogen (secondary N) is 2. The van der Waals surface area contributed by atoms with Crippen molar-refractivity contribution >= 4 is 23.4 Å². The molecule has 1 aliphatic rings. The summed E-state index contributed by atoms with van der Waals surface area (Å²) < 4.78 is 4.96. The molecule has 6 nitrogen and oxygen atoms in total. The minimum absolute atomic E-state index is 0.0630. The molecule has 6 heteroatoms. The summed E-state index contributed by atoms with van der Waals surface area (Å²) in [5.74, 6) is -0.0112. The fourth-order valence-corrected chi connectivity index (χ4v) is 2.07. The number of rotatable bonds is 4. The predicted molar refractivity (Wildman–Crippen MR) is 84.7 cm³/mol. The molecule has 1 aromatic rings. The third-order valence-corrected chi connectivity index (χ3v) is 3.14. The average molecular weight is 301 g/mol. The third kappa shape index (κ3) is 4.18. The highest BCUT2D eigenvalue weighted by Crippen LogP contribution is 2.18. The van der Waals surface area contributed by atoms with Gasteiger partial charge in [-0.3, -0.25) is 10.1 Å². The Bertz CT molecular complexity index is 620. The molecule has 0 saturated carbocycles. The van der Waals surface area contributed by atoms with Gasteiger partial charge in [-0.1, -0.05) is 25.6 Å². The Kier molecular flexibility index (Phi) is 4.93. The lowest BCUT2D eigenvalue weighted by Crippen LogP contribution is -2.31. The molecular formula is C16H19N3O3. The van der Waals surface area contributed by atoms with Gasteiger partial charge in [0.05, 0.1) is 5.71 Å². The number of carbonyl (C=O) groups is 2. The molecule has 0 saturated heterocycles. The number of ether oxygens (including phenoxy) is 1. The minimum Gasteiger partial charge on any atom is -0.445 e. The van der Waals surface area contributed by atoms with Gasteiger partial charge in [-0.2, -0.15) is 5.10 Å². The van der Waals surface area contributed by atoms with Crippen molar-refractivity contribution in [3.8, 4) is 0 Å². The van der Waals surface area contributed by atoms with Crippen LogP contribution in [0.2, 0.25) is 0 Å². The maximum absolute atomic E-state index is 11.5. The molecule has 116 valence electrons. The summed E-state index contributed by atoms with van der Waals surface area (Å²) >= 11 is 0. The summed E-state index contributed by atoms with van der Waals surface area (Å²) in [5.41, 5.74) is 5.63. The fourth-order valence-electron chi connectivity index (χ4n) is 2.07. The van der Waals surface area contributed by atoms with Crippen LogP contribution in [0.4, 0.5) is 10.5 Å². The normalized spacial score (nSPS) is 17.3. The summed E-state index contributed by atoms with van der Waals surface area (Å²) in [4.78, 5) is 22.8. The Labute approximate surface area is 129 Å². The van der Waals surface area contributed by atoms with Crippen LogP contribution in [0.15, 0.2) is 41.5 Å². The van der Waals surface area contributed by atoms with E-state index in [0.717, 1.165) is 16.8 Å². The molecule has 2 rings (SSSR count). The zero-order chi connectivity index (χ0) is 16.1. The van der Waals surface area contributed by atoms with E-state index >= 15 is 0 Å². The zero-order valence-corrected chi connectivity index (χ0v) is 12.7. The van der Waals surface area contributed by atoms with Gasteiger partial charge in [-0.15, -0.1) is 0 Å². The number of hydrogen-bond donors (Lipinski definition) is 2. The lowest BCUT2D eigenvalue weighted by molar-refractivity contribution is -0.121. The number of anilines is 1. The van der Waals surface area contributed by atoms with Gasteiger partial charge < -0.3 is 4.74 Å². The van der Waals surface area contributed by atoms with Crippen LogP contribution in [-0.4, -0.2) is 24.3 Å². The standard InChI is InChI=1S/C16H19N3O3/c1-10(2)9-22-16(21)17-13-6-4-12(5-7-13)15-11(3)8-14(20)18-19-15/h4-7,11H,1,8-9H2,2-3H3,(H,17,21)(H,18,20). The summed E-state index contributed by atoms with van der Waals surface area (Å²) in [6.07, 6.45) is -0.0992. The Hall–Kier alpha value is -2.63. The first-order valence-electron chi connectivity index (χ1n) is 7.00. The molecule has 1 aliphatic heterocycles. The molecule has 1 atom stereocenters. The van der Waals surface area contributed by atoms with E-state index in [1.165, 1.54) is 0 Å². The first-order chi connectivity index (χ1) is 10.5. The molecule has 1 unspecified atom stereocenters. The van der Waals surface area contributed by atoms with Crippen LogP contribution in [0.5, 0.6) is 0 Å². The minimum atomic E-state index is -0.522. The lowest BCUT2D eigenvalue weighted by Gasteiger charge is -2.19. The predicted octanol–water partition coefficient (Wildman–Crippen LogP) is 2.67. The van der Waals surface area contributed by atoms with Crippen LogP contribution >= 0.6 is 0 Å². The third-order valence-electron chi connectivity index (χ3n) is 3.14. The molecule has 0 spiro atoms. The second-order valence-electron chi connectivity index (χ2n) is 5.37. The first kappa shape index (κ1) is 15.8. The van der Waals surface area contributed by atoms with Crippen molar-refractivity contribution in [1.82, 2.24) is 5.43 Å². The maximum Gasteiger partial charge on any atom is 0.411 e. The second kappa shape index (κ2) is 6.89. The summed E-state index contributed by atoms with van der Waals surface area (Å²) in [6.45, 7) is 7.60.